The number of amides is 1. The normalized spacial score (nSPS) is 19.3. The lowest BCUT2D eigenvalue weighted by atomic mass is 10.0. The highest BCUT2D eigenvalue weighted by Gasteiger charge is 2.31. The van der Waals surface area contributed by atoms with Crippen LogP contribution in [0.15, 0.2) is 12.1 Å². The van der Waals surface area contributed by atoms with Crippen LogP contribution in [0.4, 0.5) is 8.78 Å². The van der Waals surface area contributed by atoms with Crippen molar-refractivity contribution in [3.63, 3.8) is 0 Å². The number of carbonyl (C=O) groups excluding carboxylic acids is 1. The van der Waals surface area contributed by atoms with Crippen LogP contribution in [-0.2, 0) is 10.7 Å². The van der Waals surface area contributed by atoms with Crippen LogP contribution in [0.3, 0.4) is 0 Å². The number of halogens is 3. The number of rotatable bonds is 2. The number of hydrogen-bond donors (Lipinski definition) is 0. The fourth-order valence-corrected chi connectivity index (χ4v) is 2.64. The lowest BCUT2D eigenvalue weighted by Gasteiger charge is -2.24. The fourth-order valence-electron chi connectivity index (χ4n) is 2.43. The Labute approximate surface area is 110 Å². The first-order valence-corrected chi connectivity index (χ1v) is 6.39. The number of benzene rings is 1. The average Bonchev–Trinajstić information content (AvgIpc) is 2.81. The lowest BCUT2D eigenvalue weighted by Crippen LogP contribution is -2.28. The molecule has 2 nitrogen and oxygen atoms in total. The second-order valence-electron chi connectivity index (χ2n) is 4.45. The van der Waals surface area contributed by atoms with E-state index in [0.29, 0.717) is 13.0 Å². The first kappa shape index (κ1) is 13.3. The van der Waals surface area contributed by atoms with Gasteiger partial charge in [-0.25, -0.2) is 8.78 Å². The van der Waals surface area contributed by atoms with Gasteiger partial charge in [0.2, 0.25) is 5.91 Å². The molecule has 0 aromatic heterocycles. The van der Waals surface area contributed by atoms with Crippen LogP contribution in [0.25, 0.3) is 0 Å². The molecule has 98 valence electrons. The highest BCUT2D eigenvalue weighted by Crippen LogP contribution is 2.34. The first-order valence-electron chi connectivity index (χ1n) is 5.86. The minimum Gasteiger partial charge on any atom is -0.336 e. The van der Waals surface area contributed by atoms with E-state index in [2.05, 4.69) is 0 Å². The van der Waals surface area contributed by atoms with E-state index in [1.165, 1.54) is 19.1 Å². The topological polar surface area (TPSA) is 20.3 Å². The van der Waals surface area contributed by atoms with Gasteiger partial charge in [0, 0.05) is 24.6 Å². The van der Waals surface area contributed by atoms with Crippen LogP contribution in [0.1, 0.15) is 36.9 Å². The Bertz CT molecular complexity index is 478. The largest absolute Gasteiger partial charge is 0.336 e. The summed E-state index contributed by atoms with van der Waals surface area (Å²) in [5.41, 5.74) is 0.388. The van der Waals surface area contributed by atoms with E-state index in [0.717, 1.165) is 6.42 Å². The van der Waals surface area contributed by atoms with Crippen molar-refractivity contribution >= 4 is 17.5 Å². The zero-order chi connectivity index (χ0) is 13.3. The molecule has 0 spiro atoms. The summed E-state index contributed by atoms with van der Waals surface area (Å²) in [4.78, 5) is 13.0. The Kier molecular flexibility index (Phi) is 3.85. The molecule has 1 fully saturated rings. The van der Waals surface area contributed by atoms with E-state index in [1.807, 2.05) is 0 Å². The van der Waals surface area contributed by atoms with E-state index in [-0.39, 0.29) is 29.0 Å². The van der Waals surface area contributed by atoms with Crippen LogP contribution in [0.2, 0.25) is 0 Å². The van der Waals surface area contributed by atoms with E-state index < -0.39 is 11.6 Å². The highest BCUT2D eigenvalue weighted by atomic mass is 35.5. The van der Waals surface area contributed by atoms with Crippen LogP contribution in [0.5, 0.6) is 0 Å². The number of carbonyl (C=O) groups is 1. The zero-order valence-electron chi connectivity index (χ0n) is 10.0. The molecule has 1 aliphatic heterocycles. The monoisotopic (exact) mass is 273 g/mol. The summed E-state index contributed by atoms with van der Waals surface area (Å²) in [6.07, 6.45) is 1.47. The molecule has 1 aromatic carbocycles. The van der Waals surface area contributed by atoms with Gasteiger partial charge in [-0.1, -0.05) is 12.1 Å². The van der Waals surface area contributed by atoms with Crippen molar-refractivity contribution in [3.05, 3.63) is 34.9 Å². The second kappa shape index (κ2) is 5.22. The van der Waals surface area contributed by atoms with Gasteiger partial charge in [0.05, 0.1) is 11.9 Å². The summed E-state index contributed by atoms with van der Waals surface area (Å²) in [7, 11) is 0. The molecule has 0 saturated carbocycles. The fraction of sp³-hybridized carbons (Fsp3) is 0.462. The molecule has 0 N–H and O–H groups in total. The van der Waals surface area contributed by atoms with Gasteiger partial charge in [0.15, 0.2) is 11.6 Å². The lowest BCUT2D eigenvalue weighted by molar-refractivity contribution is -0.129. The third kappa shape index (κ3) is 2.21. The predicted molar refractivity (Wildman–Crippen MR) is 65.3 cm³/mol. The van der Waals surface area contributed by atoms with Crippen LogP contribution >= 0.6 is 11.6 Å². The van der Waals surface area contributed by atoms with Gasteiger partial charge in [-0.3, -0.25) is 4.79 Å². The maximum absolute atomic E-state index is 14.0. The maximum atomic E-state index is 14.0. The molecule has 5 heteroatoms. The Morgan fingerprint density at radius 1 is 1.44 bits per heavy atom. The van der Waals surface area contributed by atoms with E-state index >= 15 is 0 Å². The van der Waals surface area contributed by atoms with Gasteiger partial charge < -0.3 is 4.90 Å². The minimum atomic E-state index is -0.905. The van der Waals surface area contributed by atoms with Gasteiger partial charge in [-0.2, -0.15) is 0 Å². The van der Waals surface area contributed by atoms with E-state index in [9.17, 15) is 13.6 Å². The van der Waals surface area contributed by atoms with Crippen LogP contribution in [-0.4, -0.2) is 17.4 Å². The molecular weight excluding hydrogens is 260 g/mol. The third-order valence-corrected chi connectivity index (χ3v) is 3.64. The number of hydrogen-bond acceptors (Lipinski definition) is 1. The number of likely N-dealkylation sites (tertiary alicyclic amines) is 1. The minimum absolute atomic E-state index is 0.0654. The molecular formula is C13H14ClF2NO. The Balaban J connectivity index is 2.39. The van der Waals surface area contributed by atoms with Crippen molar-refractivity contribution < 1.29 is 13.6 Å². The van der Waals surface area contributed by atoms with Gasteiger partial charge >= 0.3 is 0 Å². The Morgan fingerprint density at radius 3 is 2.78 bits per heavy atom. The quantitative estimate of drug-likeness (QED) is 0.757. The number of nitrogens with zero attached hydrogens (tertiary/aromatic N) is 1. The SMILES string of the molecule is CC(=O)N1CCCC1c1ccc(CCl)c(F)c1F. The van der Waals surface area contributed by atoms with Gasteiger partial charge in [0.25, 0.3) is 0 Å². The summed E-state index contributed by atoms with van der Waals surface area (Å²) in [5.74, 6) is -1.97. The Hall–Kier alpha value is -1.16. The van der Waals surface area contributed by atoms with Crippen molar-refractivity contribution in [2.24, 2.45) is 0 Å². The molecule has 1 unspecified atom stereocenters. The standard InChI is InChI=1S/C13H14ClF2NO/c1-8(18)17-6-2-3-11(17)10-5-4-9(7-14)12(15)13(10)16/h4-5,11H,2-3,6-7H2,1H3. The van der Waals surface area contributed by atoms with Crippen molar-refractivity contribution in [3.8, 4) is 0 Å². The number of alkyl halides is 1. The summed E-state index contributed by atoms with van der Waals surface area (Å²) in [6, 6.07) is 2.65. The molecule has 1 aliphatic rings. The van der Waals surface area contributed by atoms with Crippen LogP contribution < -0.4 is 0 Å². The molecule has 18 heavy (non-hydrogen) atoms. The summed E-state index contributed by atoms with van der Waals surface area (Å²) < 4.78 is 27.6. The molecule has 0 radical (unpaired) electrons. The van der Waals surface area contributed by atoms with Crippen molar-refractivity contribution in [1.82, 2.24) is 4.90 Å². The molecule has 0 bridgehead atoms. The summed E-state index contributed by atoms with van der Waals surface area (Å²) in [5, 5.41) is 0. The predicted octanol–water partition coefficient (Wildman–Crippen LogP) is 3.39. The van der Waals surface area contributed by atoms with Crippen molar-refractivity contribution in [1.29, 1.82) is 0 Å². The van der Waals surface area contributed by atoms with Crippen molar-refractivity contribution in [2.75, 3.05) is 6.54 Å². The molecule has 1 atom stereocenters. The third-order valence-electron chi connectivity index (χ3n) is 3.35. The van der Waals surface area contributed by atoms with Crippen LogP contribution in [0, 0.1) is 11.6 Å². The highest BCUT2D eigenvalue weighted by molar-refractivity contribution is 6.17. The van der Waals surface area contributed by atoms with Gasteiger partial charge in [0.1, 0.15) is 0 Å². The molecule has 2 rings (SSSR count). The zero-order valence-corrected chi connectivity index (χ0v) is 10.8. The Morgan fingerprint density at radius 2 is 2.17 bits per heavy atom. The first-order chi connectivity index (χ1) is 8.56. The second-order valence-corrected chi connectivity index (χ2v) is 4.71. The van der Waals surface area contributed by atoms with Gasteiger partial charge in [-0.15, -0.1) is 11.6 Å². The smallest absolute Gasteiger partial charge is 0.219 e. The molecule has 1 saturated heterocycles. The van der Waals surface area contributed by atoms with E-state index in [4.69, 9.17) is 11.6 Å². The summed E-state index contributed by atoms with van der Waals surface area (Å²) >= 11 is 5.52. The van der Waals surface area contributed by atoms with Gasteiger partial charge in [-0.05, 0) is 12.8 Å². The van der Waals surface area contributed by atoms with Crippen molar-refractivity contribution in [2.45, 2.75) is 31.7 Å². The maximum Gasteiger partial charge on any atom is 0.219 e. The summed E-state index contributed by atoms with van der Waals surface area (Å²) in [6.45, 7) is 2.04. The van der Waals surface area contributed by atoms with E-state index in [1.54, 1.807) is 4.90 Å². The average molecular weight is 274 g/mol. The molecule has 1 heterocycles. The molecule has 0 aliphatic carbocycles. The molecule has 1 aromatic rings. The molecule has 1 amide bonds.